The van der Waals surface area contributed by atoms with Crippen molar-refractivity contribution in [2.75, 3.05) is 0 Å². The summed E-state index contributed by atoms with van der Waals surface area (Å²) >= 11 is 3.17. The minimum atomic E-state index is -0.851. The normalized spacial score (nSPS) is 10.8. The maximum atomic E-state index is 13.7. The van der Waals surface area contributed by atoms with E-state index in [1.54, 1.807) is 13.0 Å². The quantitative estimate of drug-likeness (QED) is 0.524. The molecule has 3 rings (SSSR count). The lowest BCUT2D eigenvalue weighted by molar-refractivity contribution is 0.0468. The molecule has 0 bridgehead atoms. The second-order valence-electron chi connectivity index (χ2n) is 5.38. The van der Waals surface area contributed by atoms with Gasteiger partial charge < -0.3 is 14.3 Å². The highest BCUT2D eigenvalue weighted by Gasteiger charge is 2.16. The van der Waals surface area contributed by atoms with Crippen molar-refractivity contribution in [3.05, 3.63) is 73.8 Å². The third-order valence-electron chi connectivity index (χ3n) is 3.73. The summed E-state index contributed by atoms with van der Waals surface area (Å²) in [5.41, 5.74) is 0.169. The second-order valence-corrected chi connectivity index (χ2v) is 6.29. The molecular weight excluding hydrogens is 395 g/mol. The Morgan fingerprint density at radius 1 is 1.28 bits per heavy atom. The summed E-state index contributed by atoms with van der Waals surface area (Å²) in [4.78, 5) is 23.8. The van der Waals surface area contributed by atoms with E-state index in [0.717, 1.165) is 6.07 Å². The largest absolute Gasteiger partial charge is 0.508 e. The fourth-order valence-corrected chi connectivity index (χ4v) is 2.77. The number of hydrogen-bond donors (Lipinski definition) is 1. The molecule has 0 unspecified atom stereocenters. The fraction of sp³-hybridized carbons (Fsp3) is 0.111. The van der Waals surface area contributed by atoms with Gasteiger partial charge in [-0.05, 0) is 37.3 Å². The van der Waals surface area contributed by atoms with Crippen LogP contribution in [-0.4, -0.2) is 11.1 Å². The summed E-state index contributed by atoms with van der Waals surface area (Å²) in [6, 6.07) is 8.15. The van der Waals surface area contributed by atoms with Gasteiger partial charge in [0.2, 0.25) is 0 Å². The number of hydrogen-bond acceptors (Lipinski definition) is 5. The van der Waals surface area contributed by atoms with E-state index in [1.807, 2.05) is 0 Å². The molecule has 0 spiro atoms. The predicted molar refractivity (Wildman–Crippen MR) is 92.1 cm³/mol. The number of fused-ring (bicyclic) bond motifs is 1. The van der Waals surface area contributed by atoms with E-state index < -0.39 is 17.4 Å². The Hall–Kier alpha value is -2.67. The minimum Gasteiger partial charge on any atom is -0.508 e. The lowest BCUT2D eigenvalue weighted by Crippen LogP contribution is -2.09. The van der Waals surface area contributed by atoms with E-state index in [-0.39, 0.29) is 23.5 Å². The van der Waals surface area contributed by atoms with Crippen molar-refractivity contribution < 1.29 is 23.4 Å². The Morgan fingerprint density at radius 2 is 2.04 bits per heavy atom. The van der Waals surface area contributed by atoms with Crippen molar-refractivity contribution in [3.63, 3.8) is 0 Å². The Kier molecular flexibility index (Phi) is 4.59. The number of esters is 1. The number of aryl methyl sites for hydroxylation is 1. The lowest BCUT2D eigenvalue weighted by Gasteiger charge is -2.09. The lowest BCUT2D eigenvalue weighted by atomic mass is 10.1. The number of carbonyl (C=O) groups is 1. The van der Waals surface area contributed by atoms with Crippen LogP contribution in [0.25, 0.3) is 11.0 Å². The summed E-state index contributed by atoms with van der Waals surface area (Å²) in [6.45, 7) is 1.37. The number of carbonyl (C=O) groups excluding carboxylic acids is 1. The van der Waals surface area contributed by atoms with Gasteiger partial charge in [-0.3, -0.25) is 0 Å². The Morgan fingerprint density at radius 3 is 2.80 bits per heavy atom. The highest BCUT2D eigenvalue weighted by Crippen LogP contribution is 2.28. The van der Waals surface area contributed by atoms with Crippen LogP contribution in [0.4, 0.5) is 4.39 Å². The highest BCUT2D eigenvalue weighted by atomic mass is 79.9. The molecule has 0 amide bonds. The number of ether oxygens (including phenoxy) is 1. The van der Waals surface area contributed by atoms with E-state index in [0.29, 0.717) is 21.0 Å². The SMILES string of the molecule is Cc1c(O)ccc2c(COC(=O)c3cc(Br)ccc3F)cc(=O)oc12. The van der Waals surface area contributed by atoms with Crippen LogP contribution in [0.2, 0.25) is 0 Å². The van der Waals surface area contributed by atoms with Crippen molar-refractivity contribution in [3.8, 4) is 5.75 Å². The predicted octanol–water partition coefficient (Wildman–Crippen LogP) is 4.07. The zero-order valence-corrected chi connectivity index (χ0v) is 14.6. The number of halogens is 2. The van der Waals surface area contributed by atoms with E-state index in [4.69, 9.17) is 9.15 Å². The van der Waals surface area contributed by atoms with Crippen LogP contribution >= 0.6 is 15.9 Å². The van der Waals surface area contributed by atoms with Crippen LogP contribution in [0, 0.1) is 12.7 Å². The Labute approximate surface area is 149 Å². The van der Waals surface area contributed by atoms with Gasteiger partial charge in [0.05, 0.1) is 5.56 Å². The Balaban J connectivity index is 1.93. The standard InChI is InChI=1S/C18H12BrFO5/c1-9-15(21)5-3-12-10(6-16(22)25-17(9)12)8-24-18(23)13-7-11(19)2-4-14(13)20/h2-7,21H,8H2,1H3. The molecule has 0 aliphatic heterocycles. The molecule has 0 saturated carbocycles. The first-order valence-electron chi connectivity index (χ1n) is 7.24. The molecule has 2 aromatic carbocycles. The molecule has 0 aliphatic rings. The molecule has 5 nitrogen and oxygen atoms in total. The average Bonchev–Trinajstić information content (AvgIpc) is 2.58. The maximum Gasteiger partial charge on any atom is 0.341 e. The summed E-state index contributed by atoms with van der Waals surface area (Å²) in [5.74, 6) is -1.57. The molecule has 7 heteroatoms. The number of aromatic hydroxyl groups is 1. The third-order valence-corrected chi connectivity index (χ3v) is 4.22. The molecule has 0 fully saturated rings. The van der Waals surface area contributed by atoms with Gasteiger partial charge in [0, 0.05) is 27.1 Å². The topological polar surface area (TPSA) is 76.7 Å². The summed E-state index contributed by atoms with van der Waals surface area (Å²) in [6.07, 6.45) is 0. The number of rotatable bonds is 3. The van der Waals surface area contributed by atoms with Crippen LogP contribution in [-0.2, 0) is 11.3 Å². The first kappa shape index (κ1) is 17.2. The van der Waals surface area contributed by atoms with Gasteiger partial charge in [-0.1, -0.05) is 15.9 Å². The Bertz CT molecular complexity index is 1040. The third kappa shape index (κ3) is 3.41. The molecule has 0 radical (unpaired) electrons. The molecule has 0 aliphatic carbocycles. The van der Waals surface area contributed by atoms with E-state index in [9.17, 15) is 19.1 Å². The van der Waals surface area contributed by atoms with Gasteiger partial charge in [-0.15, -0.1) is 0 Å². The molecule has 128 valence electrons. The molecule has 0 atom stereocenters. The van der Waals surface area contributed by atoms with E-state index >= 15 is 0 Å². The fourth-order valence-electron chi connectivity index (χ4n) is 2.41. The van der Waals surface area contributed by atoms with Crippen molar-refractivity contribution in [1.29, 1.82) is 0 Å². The van der Waals surface area contributed by atoms with Gasteiger partial charge in [0.15, 0.2) is 0 Å². The van der Waals surface area contributed by atoms with Gasteiger partial charge in [0.1, 0.15) is 23.8 Å². The monoisotopic (exact) mass is 406 g/mol. The van der Waals surface area contributed by atoms with Crippen molar-refractivity contribution in [1.82, 2.24) is 0 Å². The average molecular weight is 407 g/mol. The number of phenolic OH excluding ortho intramolecular Hbond substituents is 1. The second kappa shape index (κ2) is 6.68. The molecular formula is C18H12BrFO5. The van der Waals surface area contributed by atoms with Crippen LogP contribution in [0.5, 0.6) is 5.75 Å². The summed E-state index contributed by atoms with van der Waals surface area (Å²) < 4.78 is 24.5. The van der Waals surface area contributed by atoms with E-state index in [2.05, 4.69) is 15.9 Å². The van der Waals surface area contributed by atoms with Gasteiger partial charge in [-0.2, -0.15) is 0 Å². The van der Waals surface area contributed by atoms with Gasteiger partial charge in [0.25, 0.3) is 0 Å². The molecule has 25 heavy (non-hydrogen) atoms. The van der Waals surface area contributed by atoms with Crippen molar-refractivity contribution in [2.45, 2.75) is 13.5 Å². The highest BCUT2D eigenvalue weighted by molar-refractivity contribution is 9.10. The summed E-state index contributed by atoms with van der Waals surface area (Å²) in [5, 5.41) is 10.3. The van der Waals surface area contributed by atoms with Crippen LogP contribution in [0.15, 0.2) is 50.1 Å². The van der Waals surface area contributed by atoms with Crippen molar-refractivity contribution >= 4 is 32.9 Å². The smallest absolute Gasteiger partial charge is 0.341 e. The minimum absolute atomic E-state index is 0.0130. The first-order valence-corrected chi connectivity index (χ1v) is 8.03. The zero-order valence-electron chi connectivity index (χ0n) is 13.0. The molecule has 0 saturated heterocycles. The number of benzene rings is 2. The molecule has 1 aromatic heterocycles. The molecule has 1 N–H and O–H groups in total. The molecule has 3 aromatic rings. The van der Waals surface area contributed by atoms with Crippen LogP contribution in [0.3, 0.4) is 0 Å². The van der Waals surface area contributed by atoms with Crippen molar-refractivity contribution in [2.24, 2.45) is 0 Å². The molecule has 1 heterocycles. The van der Waals surface area contributed by atoms with E-state index in [1.165, 1.54) is 24.3 Å². The maximum absolute atomic E-state index is 13.7. The zero-order chi connectivity index (χ0) is 18.1. The van der Waals surface area contributed by atoms with Gasteiger partial charge in [-0.25, -0.2) is 14.0 Å². The van der Waals surface area contributed by atoms with Crippen LogP contribution < -0.4 is 5.63 Å². The van der Waals surface area contributed by atoms with Crippen LogP contribution in [0.1, 0.15) is 21.5 Å². The summed E-state index contributed by atoms with van der Waals surface area (Å²) in [7, 11) is 0. The number of phenols is 1. The first-order chi connectivity index (χ1) is 11.9. The van der Waals surface area contributed by atoms with Gasteiger partial charge >= 0.3 is 11.6 Å².